The third-order valence-corrected chi connectivity index (χ3v) is 3.94. The first-order chi connectivity index (χ1) is 8.88. The molecular formula is C10H16N4O4S. The molecule has 19 heavy (non-hydrogen) atoms. The first kappa shape index (κ1) is 14.1. The molecule has 2 heterocycles. The van der Waals surface area contributed by atoms with E-state index in [0.717, 1.165) is 4.31 Å². The van der Waals surface area contributed by atoms with Crippen LogP contribution in [0.5, 0.6) is 0 Å². The van der Waals surface area contributed by atoms with Gasteiger partial charge in [0.15, 0.2) is 5.82 Å². The topological polar surface area (TPSA) is 107 Å². The minimum atomic E-state index is -4.12. The SMILES string of the molecule is CC(O)c1nccc(N2CCN(S(=O)(=O)O)CC2)n1. The second kappa shape index (κ2) is 5.37. The zero-order valence-electron chi connectivity index (χ0n) is 10.5. The van der Waals surface area contributed by atoms with Crippen molar-refractivity contribution in [3.63, 3.8) is 0 Å². The van der Waals surface area contributed by atoms with Crippen molar-refractivity contribution in [2.24, 2.45) is 0 Å². The fraction of sp³-hybridized carbons (Fsp3) is 0.600. The lowest BCUT2D eigenvalue weighted by Crippen LogP contribution is -2.48. The van der Waals surface area contributed by atoms with Crippen LogP contribution in [-0.2, 0) is 10.3 Å². The molecule has 0 saturated carbocycles. The molecule has 2 N–H and O–H groups in total. The maximum Gasteiger partial charge on any atom is 0.336 e. The van der Waals surface area contributed by atoms with Crippen molar-refractivity contribution in [2.45, 2.75) is 13.0 Å². The Balaban J connectivity index is 2.07. The maximum absolute atomic E-state index is 11.0. The highest BCUT2D eigenvalue weighted by atomic mass is 32.2. The molecular weight excluding hydrogens is 272 g/mol. The van der Waals surface area contributed by atoms with Crippen LogP contribution in [0.2, 0.25) is 0 Å². The molecule has 0 aromatic carbocycles. The Morgan fingerprint density at radius 3 is 2.47 bits per heavy atom. The van der Waals surface area contributed by atoms with Crippen LogP contribution in [0.15, 0.2) is 12.3 Å². The Labute approximate surface area is 111 Å². The molecule has 1 aliphatic rings. The van der Waals surface area contributed by atoms with E-state index in [1.54, 1.807) is 19.2 Å². The van der Waals surface area contributed by atoms with E-state index in [1.807, 2.05) is 4.90 Å². The van der Waals surface area contributed by atoms with Crippen molar-refractivity contribution >= 4 is 16.1 Å². The molecule has 0 spiro atoms. The number of aliphatic hydroxyl groups is 1. The van der Waals surface area contributed by atoms with E-state index in [-0.39, 0.29) is 13.1 Å². The largest absolute Gasteiger partial charge is 0.385 e. The van der Waals surface area contributed by atoms with Crippen LogP contribution in [0.25, 0.3) is 0 Å². The van der Waals surface area contributed by atoms with E-state index in [1.165, 1.54) is 0 Å². The molecule has 8 nitrogen and oxygen atoms in total. The molecule has 1 aliphatic heterocycles. The van der Waals surface area contributed by atoms with Crippen LogP contribution in [0, 0.1) is 0 Å². The van der Waals surface area contributed by atoms with E-state index in [9.17, 15) is 13.5 Å². The molecule has 1 aromatic rings. The molecule has 1 atom stereocenters. The summed E-state index contributed by atoms with van der Waals surface area (Å²) in [7, 11) is -4.12. The van der Waals surface area contributed by atoms with Gasteiger partial charge in [-0.25, -0.2) is 9.97 Å². The Bertz CT molecular complexity index is 540. The number of anilines is 1. The molecule has 0 bridgehead atoms. The van der Waals surface area contributed by atoms with E-state index < -0.39 is 16.4 Å². The van der Waals surface area contributed by atoms with Crippen molar-refractivity contribution in [1.29, 1.82) is 0 Å². The molecule has 106 valence electrons. The van der Waals surface area contributed by atoms with Gasteiger partial charge < -0.3 is 10.0 Å². The summed E-state index contributed by atoms with van der Waals surface area (Å²) >= 11 is 0. The third-order valence-electron chi connectivity index (χ3n) is 2.92. The average molecular weight is 288 g/mol. The second-order valence-corrected chi connectivity index (χ2v) is 5.72. The van der Waals surface area contributed by atoms with Crippen molar-refractivity contribution in [1.82, 2.24) is 14.3 Å². The molecule has 2 rings (SSSR count). The molecule has 0 radical (unpaired) electrons. The van der Waals surface area contributed by atoms with Gasteiger partial charge in [-0.1, -0.05) is 0 Å². The van der Waals surface area contributed by atoms with Gasteiger partial charge >= 0.3 is 10.3 Å². The standard InChI is InChI=1S/C10H16N4O4S/c1-8(15)10-11-3-2-9(12-10)13-4-6-14(7-5-13)19(16,17)18/h2-3,8,15H,4-7H2,1H3,(H,16,17,18). The predicted molar refractivity (Wildman–Crippen MR) is 68.0 cm³/mol. The summed E-state index contributed by atoms with van der Waals surface area (Å²) in [6, 6.07) is 1.70. The summed E-state index contributed by atoms with van der Waals surface area (Å²) in [6.45, 7) is 2.83. The van der Waals surface area contributed by atoms with E-state index >= 15 is 0 Å². The van der Waals surface area contributed by atoms with Crippen molar-refractivity contribution < 1.29 is 18.1 Å². The first-order valence-corrected chi connectivity index (χ1v) is 7.26. The molecule has 9 heteroatoms. The lowest BCUT2D eigenvalue weighted by molar-refractivity contribution is 0.189. The first-order valence-electron chi connectivity index (χ1n) is 5.86. The highest BCUT2D eigenvalue weighted by Gasteiger charge is 2.25. The summed E-state index contributed by atoms with van der Waals surface area (Å²) < 4.78 is 31.9. The predicted octanol–water partition coefficient (Wildman–Crippen LogP) is -0.545. The van der Waals surface area contributed by atoms with Crippen LogP contribution < -0.4 is 4.90 Å². The van der Waals surface area contributed by atoms with Crippen molar-refractivity contribution in [2.75, 3.05) is 31.1 Å². The Kier molecular flexibility index (Phi) is 3.99. The zero-order chi connectivity index (χ0) is 14.0. The van der Waals surface area contributed by atoms with Crippen LogP contribution in [-0.4, -0.2) is 58.5 Å². The fourth-order valence-electron chi connectivity index (χ4n) is 1.89. The van der Waals surface area contributed by atoms with Gasteiger partial charge in [-0.3, -0.25) is 4.55 Å². The number of aliphatic hydroxyl groups excluding tert-OH is 1. The van der Waals surface area contributed by atoms with Gasteiger partial charge in [-0.15, -0.1) is 0 Å². The van der Waals surface area contributed by atoms with Crippen molar-refractivity contribution in [3.8, 4) is 0 Å². The zero-order valence-corrected chi connectivity index (χ0v) is 11.3. The summed E-state index contributed by atoms with van der Waals surface area (Å²) in [6.07, 6.45) is 0.804. The lowest BCUT2D eigenvalue weighted by Gasteiger charge is -2.33. The monoisotopic (exact) mass is 288 g/mol. The number of rotatable bonds is 3. The van der Waals surface area contributed by atoms with Gasteiger partial charge in [0.05, 0.1) is 0 Å². The maximum atomic E-state index is 11.0. The summed E-state index contributed by atoms with van der Waals surface area (Å²) in [5, 5.41) is 9.43. The average Bonchev–Trinajstić information content (AvgIpc) is 2.38. The van der Waals surface area contributed by atoms with Crippen LogP contribution >= 0.6 is 0 Å². The number of nitrogens with zero attached hydrogens (tertiary/aromatic N) is 4. The molecule has 1 fully saturated rings. The molecule has 1 aromatic heterocycles. The number of aromatic nitrogens is 2. The van der Waals surface area contributed by atoms with Crippen LogP contribution in [0.1, 0.15) is 18.9 Å². The molecule has 1 unspecified atom stereocenters. The van der Waals surface area contributed by atoms with Gasteiger partial charge in [-0.05, 0) is 13.0 Å². The van der Waals surface area contributed by atoms with E-state index in [0.29, 0.717) is 24.7 Å². The Morgan fingerprint density at radius 2 is 1.95 bits per heavy atom. The number of hydrogen-bond donors (Lipinski definition) is 2. The molecule has 0 amide bonds. The quantitative estimate of drug-likeness (QED) is 0.719. The highest BCUT2D eigenvalue weighted by Crippen LogP contribution is 2.16. The van der Waals surface area contributed by atoms with Crippen LogP contribution in [0.4, 0.5) is 5.82 Å². The lowest BCUT2D eigenvalue weighted by atomic mass is 10.3. The number of piperazine rings is 1. The minimum absolute atomic E-state index is 0.201. The Hall–Kier alpha value is -1.29. The van der Waals surface area contributed by atoms with E-state index in [2.05, 4.69) is 9.97 Å². The van der Waals surface area contributed by atoms with Crippen LogP contribution in [0.3, 0.4) is 0 Å². The van der Waals surface area contributed by atoms with Gasteiger partial charge in [0.1, 0.15) is 11.9 Å². The Morgan fingerprint density at radius 1 is 1.32 bits per heavy atom. The minimum Gasteiger partial charge on any atom is -0.385 e. The van der Waals surface area contributed by atoms with Gasteiger partial charge in [0, 0.05) is 32.4 Å². The van der Waals surface area contributed by atoms with Gasteiger partial charge in [0.25, 0.3) is 0 Å². The summed E-state index contributed by atoms with van der Waals surface area (Å²) in [5.41, 5.74) is 0. The normalized spacial score (nSPS) is 19.4. The molecule has 0 aliphatic carbocycles. The second-order valence-electron chi connectivity index (χ2n) is 4.31. The summed E-state index contributed by atoms with van der Waals surface area (Å²) in [5.74, 6) is 0.968. The van der Waals surface area contributed by atoms with Crippen molar-refractivity contribution in [3.05, 3.63) is 18.1 Å². The van der Waals surface area contributed by atoms with Gasteiger partial charge in [0.2, 0.25) is 0 Å². The number of hydrogen-bond acceptors (Lipinski definition) is 6. The smallest absolute Gasteiger partial charge is 0.336 e. The third kappa shape index (κ3) is 3.38. The molecule has 1 saturated heterocycles. The van der Waals surface area contributed by atoms with Gasteiger partial charge in [-0.2, -0.15) is 12.7 Å². The fourth-order valence-corrected chi connectivity index (χ4v) is 2.51. The summed E-state index contributed by atoms with van der Waals surface area (Å²) in [4.78, 5) is 10.1. The highest BCUT2D eigenvalue weighted by molar-refractivity contribution is 7.83. The van der Waals surface area contributed by atoms with E-state index in [4.69, 9.17) is 4.55 Å².